The highest BCUT2D eigenvalue weighted by Gasteiger charge is 2.35. The van der Waals surface area contributed by atoms with Gasteiger partial charge >= 0.3 is 0 Å². The number of hydrogen-bond donors (Lipinski definition) is 3. The minimum Gasteiger partial charge on any atom is -0.376 e. The second kappa shape index (κ2) is 10.8. The molecule has 3 atom stereocenters. The van der Waals surface area contributed by atoms with Crippen LogP contribution in [0.4, 0.5) is 0 Å². The maximum absolute atomic E-state index is 12.6. The number of hydrogen-bond acceptors (Lipinski definition) is 5. The Morgan fingerprint density at radius 3 is 2.97 bits per heavy atom. The molecule has 9 nitrogen and oxygen atoms in total. The molecule has 29 heavy (non-hydrogen) atoms. The Balaban J connectivity index is 1.50. The number of amides is 2. The number of aromatic nitrogens is 4. The molecule has 0 radical (unpaired) electrons. The molecule has 2 heterocycles. The van der Waals surface area contributed by atoms with Crippen LogP contribution in [0.1, 0.15) is 49.6 Å². The van der Waals surface area contributed by atoms with Gasteiger partial charge in [0.05, 0.1) is 18.5 Å². The second-order valence-corrected chi connectivity index (χ2v) is 7.38. The van der Waals surface area contributed by atoms with Gasteiger partial charge in [-0.1, -0.05) is 6.92 Å². The molecule has 1 aliphatic carbocycles. The van der Waals surface area contributed by atoms with Crippen LogP contribution in [0.2, 0.25) is 0 Å². The van der Waals surface area contributed by atoms with E-state index < -0.39 is 0 Å². The molecule has 1 aliphatic rings. The molecule has 0 unspecified atom stereocenters. The quantitative estimate of drug-likeness (QED) is 0.521. The van der Waals surface area contributed by atoms with Crippen molar-refractivity contribution in [2.24, 2.45) is 5.92 Å². The summed E-state index contributed by atoms with van der Waals surface area (Å²) in [6, 6.07) is -0.213. The zero-order valence-corrected chi connectivity index (χ0v) is 16.8. The van der Waals surface area contributed by atoms with Crippen molar-refractivity contribution in [3.63, 3.8) is 0 Å². The third-order valence-electron chi connectivity index (χ3n) is 5.18. The Kier molecular flexibility index (Phi) is 7.80. The van der Waals surface area contributed by atoms with Crippen LogP contribution in [0, 0.1) is 5.92 Å². The monoisotopic (exact) mass is 402 g/mol. The van der Waals surface area contributed by atoms with Crippen molar-refractivity contribution in [3.8, 4) is 0 Å². The first kappa shape index (κ1) is 21.0. The summed E-state index contributed by atoms with van der Waals surface area (Å²) in [5.41, 5.74) is 0. The molecule has 0 aliphatic heterocycles. The van der Waals surface area contributed by atoms with Gasteiger partial charge in [0.25, 0.3) is 5.91 Å². The molecule has 0 spiro atoms. The smallest absolute Gasteiger partial charge is 0.287 e. The van der Waals surface area contributed by atoms with Crippen LogP contribution in [0.15, 0.2) is 31.1 Å². The molecule has 1 fully saturated rings. The Bertz CT molecular complexity index is 746. The first-order chi connectivity index (χ1) is 14.2. The molecule has 158 valence electrons. The van der Waals surface area contributed by atoms with Crippen molar-refractivity contribution in [3.05, 3.63) is 36.9 Å². The van der Waals surface area contributed by atoms with Gasteiger partial charge in [0.2, 0.25) is 5.91 Å². The molecule has 0 bridgehead atoms. The molecule has 0 saturated heterocycles. The van der Waals surface area contributed by atoms with Crippen molar-refractivity contribution in [1.82, 2.24) is 30.2 Å². The molecule has 2 aromatic heterocycles. The number of nitrogens with zero attached hydrogens (tertiary/aromatic N) is 3. The fourth-order valence-electron chi connectivity index (χ4n) is 3.66. The lowest BCUT2D eigenvalue weighted by Gasteiger charge is -2.35. The van der Waals surface area contributed by atoms with Gasteiger partial charge in [-0.15, -0.1) is 0 Å². The van der Waals surface area contributed by atoms with Gasteiger partial charge in [0, 0.05) is 50.4 Å². The highest BCUT2D eigenvalue weighted by molar-refractivity contribution is 5.90. The SMILES string of the molecule is CCCO[C@@H]1CC[C@H](C(=O)NCCCn2ccnc2)C[C@H]1NC(=O)c1ncc[nH]1. The van der Waals surface area contributed by atoms with Crippen molar-refractivity contribution in [2.45, 2.75) is 57.7 Å². The van der Waals surface area contributed by atoms with Gasteiger partial charge in [-0.05, 0) is 32.1 Å². The van der Waals surface area contributed by atoms with E-state index in [1.165, 1.54) is 0 Å². The zero-order chi connectivity index (χ0) is 20.5. The van der Waals surface area contributed by atoms with Crippen LogP contribution in [-0.2, 0) is 16.1 Å². The van der Waals surface area contributed by atoms with E-state index in [4.69, 9.17) is 4.74 Å². The lowest BCUT2D eigenvalue weighted by molar-refractivity contribution is -0.127. The van der Waals surface area contributed by atoms with E-state index in [2.05, 4.69) is 32.5 Å². The molecule has 2 aromatic rings. The van der Waals surface area contributed by atoms with Gasteiger partial charge in [0.15, 0.2) is 5.82 Å². The summed E-state index contributed by atoms with van der Waals surface area (Å²) in [5, 5.41) is 6.03. The van der Waals surface area contributed by atoms with Crippen LogP contribution in [0.25, 0.3) is 0 Å². The van der Waals surface area contributed by atoms with E-state index in [-0.39, 0.29) is 35.7 Å². The number of ether oxygens (including phenoxy) is 1. The minimum absolute atomic E-state index is 0.0434. The normalized spacial score (nSPS) is 21.6. The predicted octanol–water partition coefficient (Wildman–Crippen LogP) is 1.51. The van der Waals surface area contributed by atoms with Crippen LogP contribution in [-0.4, -0.2) is 56.6 Å². The number of rotatable bonds is 10. The number of H-pyrrole nitrogens is 1. The summed E-state index contributed by atoms with van der Waals surface area (Å²) < 4.78 is 7.93. The fraction of sp³-hybridized carbons (Fsp3) is 0.600. The molecule has 2 amide bonds. The molecular weight excluding hydrogens is 372 g/mol. The average Bonchev–Trinajstić information content (AvgIpc) is 3.44. The first-order valence-electron chi connectivity index (χ1n) is 10.3. The van der Waals surface area contributed by atoms with Crippen LogP contribution in [0.5, 0.6) is 0 Å². The summed E-state index contributed by atoms with van der Waals surface area (Å²) >= 11 is 0. The van der Waals surface area contributed by atoms with Gasteiger partial charge < -0.3 is 24.9 Å². The topological polar surface area (TPSA) is 114 Å². The molecule has 0 aromatic carbocycles. The molecule has 3 rings (SSSR count). The maximum atomic E-state index is 12.6. The lowest BCUT2D eigenvalue weighted by Crippen LogP contribution is -2.50. The van der Waals surface area contributed by atoms with E-state index >= 15 is 0 Å². The Labute approximate surface area is 170 Å². The van der Waals surface area contributed by atoms with E-state index in [0.717, 1.165) is 32.2 Å². The summed E-state index contributed by atoms with van der Waals surface area (Å²) in [6.07, 6.45) is 12.3. The van der Waals surface area contributed by atoms with Crippen LogP contribution in [0.3, 0.4) is 0 Å². The summed E-state index contributed by atoms with van der Waals surface area (Å²) in [7, 11) is 0. The van der Waals surface area contributed by atoms with Crippen LogP contribution >= 0.6 is 0 Å². The Morgan fingerprint density at radius 2 is 2.24 bits per heavy atom. The number of carbonyl (C=O) groups is 2. The van der Waals surface area contributed by atoms with E-state index in [1.807, 2.05) is 10.8 Å². The minimum atomic E-state index is -0.272. The number of carbonyl (C=O) groups excluding carboxylic acids is 2. The highest BCUT2D eigenvalue weighted by atomic mass is 16.5. The number of nitrogens with one attached hydrogen (secondary N) is 3. The van der Waals surface area contributed by atoms with Crippen molar-refractivity contribution in [1.29, 1.82) is 0 Å². The molecule has 1 saturated carbocycles. The second-order valence-electron chi connectivity index (χ2n) is 7.38. The van der Waals surface area contributed by atoms with E-state index in [9.17, 15) is 9.59 Å². The molecule has 3 N–H and O–H groups in total. The first-order valence-corrected chi connectivity index (χ1v) is 10.3. The summed E-state index contributed by atoms with van der Waals surface area (Å²) in [5.74, 6) is -0.0924. The maximum Gasteiger partial charge on any atom is 0.287 e. The lowest BCUT2D eigenvalue weighted by atomic mass is 9.83. The zero-order valence-electron chi connectivity index (χ0n) is 16.8. The molecular formula is C20H30N6O3. The third kappa shape index (κ3) is 6.15. The van der Waals surface area contributed by atoms with E-state index in [0.29, 0.717) is 19.6 Å². The summed E-state index contributed by atoms with van der Waals surface area (Å²) in [6.45, 7) is 4.13. The molecule has 9 heteroatoms. The van der Waals surface area contributed by atoms with E-state index in [1.54, 1.807) is 24.9 Å². The van der Waals surface area contributed by atoms with Gasteiger partial charge in [-0.3, -0.25) is 9.59 Å². The van der Waals surface area contributed by atoms with Crippen molar-refractivity contribution >= 4 is 11.8 Å². The average molecular weight is 402 g/mol. The van der Waals surface area contributed by atoms with Gasteiger partial charge in [0.1, 0.15) is 0 Å². The Hall–Kier alpha value is -2.68. The fourth-order valence-corrected chi connectivity index (χ4v) is 3.66. The number of aryl methyl sites for hydroxylation is 1. The Morgan fingerprint density at radius 1 is 1.34 bits per heavy atom. The van der Waals surface area contributed by atoms with Crippen molar-refractivity contribution in [2.75, 3.05) is 13.2 Å². The third-order valence-corrected chi connectivity index (χ3v) is 5.18. The number of imidazole rings is 2. The predicted molar refractivity (Wildman–Crippen MR) is 107 cm³/mol. The number of aromatic amines is 1. The van der Waals surface area contributed by atoms with Gasteiger partial charge in [-0.2, -0.15) is 0 Å². The van der Waals surface area contributed by atoms with Crippen molar-refractivity contribution < 1.29 is 14.3 Å². The highest BCUT2D eigenvalue weighted by Crippen LogP contribution is 2.27. The standard InChI is InChI=1S/C20H30N6O3/c1-2-12-29-17-5-4-15(13-16(17)25-20(28)18-22-7-8-23-18)19(27)24-6-3-10-26-11-9-21-14-26/h7-9,11,14-17H,2-6,10,12-13H2,1H3,(H,22,23)(H,24,27)(H,25,28)/t15-,16+,17+/m0/s1. The van der Waals surface area contributed by atoms with Gasteiger partial charge in [-0.25, -0.2) is 9.97 Å². The summed E-state index contributed by atoms with van der Waals surface area (Å²) in [4.78, 5) is 35.9. The van der Waals surface area contributed by atoms with Crippen LogP contribution < -0.4 is 10.6 Å². The largest absolute Gasteiger partial charge is 0.376 e.